The Balaban J connectivity index is 1.57. The van der Waals surface area contributed by atoms with E-state index in [2.05, 4.69) is 4.90 Å². The minimum atomic E-state index is -1.03. The molecule has 0 aliphatic carbocycles. The van der Waals surface area contributed by atoms with Crippen molar-refractivity contribution in [2.24, 2.45) is 0 Å². The molecule has 1 aromatic carbocycles. The number of hydrogen-bond acceptors (Lipinski definition) is 5. The Bertz CT molecular complexity index is 894. The first-order chi connectivity index (χ1) is 14.1. The maximum absolute atomic E-state index is 12.9. The summed E-state index contributed by atoms with van der Waals surface area (Å²) >= 11 is 0. The van der Waals surface area contributed by atoms with Gasteiger partial charge in [-0.2, -0.15) is 0 Å². The summed E-state index contributed by atoms with van der Waals surface area (Å²) in [5.41, 5.74) is -0.342. The summed E-state index contributed by atoms with van der Waals surface area (Å²) in [4.78, 5) is 28.9. The van der Waals surface area contributed by atoms with Crippen molar-refractivity contribution in [2.75, 3.05) is 39.4 Å². The summed E-state index contributed by atoms with van der Waals surface area (Å²) in [5.74, 6) is -0.105. The smallest absolute Gasteiger partial charge is 0.250 e. The summed E-state index contributed by atoms with van der Waals surface area (Å²) in [5, 5.41) is 11.7. The van der Waals surface area contributed by atoms with E-state index >= 15 is 0 Å². The van der Waals surface area contributed by atoms with Crippen LogP contribution in [0.3, 0.4) is 0 Å². The molecular formula is C22H27N3O4. The van der Waals surface area contributed by atoms with Gasteiger partial charge in [-0.05, 0) is 18.1 Å². The monoisotopic (exact) mass is 397 g/mol. The molecule has 2 aliphatic heterocycles. The van der Waals surface area contributed by atoms with Crippen molar-refractivity contribution >= 4 is 5.91 Å². The van der Waals surface area contributed by atoms with E-state index < -0.39 is 5.60 Å². The van der Waals surface area contributed by atoms with E-state index in [4.69, 9.17) is 4.74 Å². The third kappa shape index (κ3) is 4.12. The standard InChI is InChI=1S/C22H27N3O4/c26-20-8-4-5-10-24(20)17-21(27)25-11-9-22(28,18-6-2-1-3-7-18)19(16-25)23-12-14-29-15-13-23/h1-8,10,19,28H,9,11-17H2/t19-,22+/m1/s1. The van der Waals surface area contributed by atoms with Gasteiger partial charge in [0.15, 0.2) is 0 Å². The van der Waals surface area contributed by atoms with E-state index in [1.165, 1.54) is 10.6 Å². The number of benzene rings is 1. The number of carbonyl (C=O) groups is 1. The Morgan fingerprint density at radius 3 is 2.52 bits per heavy atom. The lowest BCUT2D eigenvalue weighted by Crippen LogP contribution is -2.63. The molecule has 154 valence electrons. The minimum Gasteiger partial charge on any atom is -0.383 e. The van der Waals surface area contributed by atoms with Crippen LogP contribution in [0.4, 0.5) is 0 Å². The molecule has 2 atom stereocenters. The van der Waals surface area contributed by atoms with Crippen LogP contribution in [-0.2, 0) is 21.7 Å². The second-order valence-corrected chi connectivity index (χ2v) is 7.71. The molecule has 1 aromatic heterocycles. The van der Waals surface area contributed by atoms with E-state index in [9.17, 15) is 14.7 Å². The zero-order valence-electron chi connectivity index (χ0n) is 16.4. The predicted molar refractivity (Wildman–Crippen MR) is 108 cm³/mol. The van der Waals surface area contributed by atoms with Crippen LogP contribution in [0.2, 0.25) is 0 Å². The fraction of sp³-hybridized carbons (Fsp3) is 0.455. The molecule has 2 fully saturated rings. The van der Waals surface area contributed by atoms with Crippen molar-refractivity contribution in [1.29, 1.82) is 0 Å². The number of aromatic nitrogens is 1. The number of hydrogen-bond donors (Lipinski definition) is 1. The fourth-order valence-corrected chi connectivity index (χ4v) is 4.36. The van der Waals surface area contributed by atoms with Crippen molar-refractivity contribution in [3.8, 4) is 0 Å². The van der Waals surface area contributed by atoms with Crippen molar-refractivity contribution in [1.82, 2.24) is 14.4 Å². The number of nitrogens with zero attached hydrogens (tertiary/aromatic N) is 3. The van der Waals surface area contributed by atoms with E-state index in [0.29, 0.717) is 32.7 Å². The molecule has 0 spiro atoms. The van der Waals surface area contributed by atoms with Crippen LogP contribution in [0, 0.1) is 0 Å². The first-order valence-electron chi connectivity index (χ1n) is 10.1. The molecule has 0 bridgehead atoms. The number of likely N-dealkylation sites (tertiary alicyclic amines) is 1. The lowest BCUT2D eigenvalue weighted by Gasteiger charge is -2.50. The molecule has 1 N–H and O–H groups in total. The summed E-state index contributed by atoms with van der Waals surface area (Å²) in [7, 11) is 0. The highest BCUT2D eigenvalue weighted by molar-refractivity contribution is 5.76. The Morgan fingerprint density at radius 2 is 1.79 bits per heavy atom. The first-order valence-corrected chi connectivity index (χ1v) is 10.1. The number of piperidine rings is 1. The number of carbonyl (C=O) groups excluding carboxylic acids is 1. The third-order valence-corrected chi connectivity index (χ3v) is 6.02. The molecule has 2 aliphatic rings. The predicted octanol–water partition coefficient (Wildman–Crippen LogP) is 0.669. The van der Waals surface area contributed by atoms with Crippen LogP contribution in [0.1, 0.15) is 12.0 Å². The highest BCUT2D eigenvalue weighted by Crippen LogP contribution is 2.36. The van der Waals surface area contributed by atoms with Crippen molar-refractivity contribution < 1.29 is 14.6 Å². The molecule has 1 amide bonds. The molecule has 7 heteroatoms. The average molecular weight is 397 g/mol. The Morgan fingerprint density at radius 1 is 1.07 bits per heavy atom. The fourth-order valence-electron chi connectivity index (χ4n) is 4.36. The maximum Gasteiger partial charge on any atom is 0.250 e. The SMILES string of the molecule is O=C(Cn1ccccc1=O)N1CC[C@](O)(c2ccccc2)[C@H](N2CCOCC2)C1. The van der Waals surface area contributed by atoms with Crippen LogP contribution in [-0.4, -0.2) is 70.8 Å². The molecule has 2 saturated heterocycles. The molecule has 0 radical (unpaired) electrons. The highest BCUT2D eigenvalue weighted by Gasteiger charge is 2.46. The number of rotatable bonds is 4. The van der Waals surface area contributed by atoms with Gasteiger partial charge in [0.25, 0.3) is 5.56 Å². The number of morpholine rings is 1. The van der Waals surface area contributed by atoms with Crippen LogP contribution < -0.4 is 5.56 Å². The topological polar surface area (TPSA) is 75.0 Å². The van der Waals surface area contributed by atoms with Gasteiger partial charge in [-0.15, -0.1) is 0 Å². The quantitative estimate of drug-likeness (QED) is 0.821. The molecule has 0 unspecified atom stereocenters. The average Bonchev–Trinajstić information content (AvgIpc) is 2.77. The zero-order valence-corrected chi connectivity index (χ0v) is 16.4. The number of amides is 1. The van der Waals surface area contributed by atoms with Crippen LogP contribution in [0.25, 0.3) is 0 Å². The lowest BCUT2D eigenvalue weighted by atomic mass is 9.79. The van der Waals surface area contributed by atoms with Crippen molar-refractivity contribution in [2.45, 2.75) is 24.6 Å². The zero-order chi connectivity index (χ0) is 20.3. The van der Waals surface area contributed by atoms with Crippen molar-refractivity contribution in [3.05, 3.63) is 70.6 Å². The second kappa shape index (κ2) is 8.49. The minimum absolute atomic E-state index is 0.0132. The molecular weight excluding hydrogens is 370 g/mol. The molecule has 29 heavy (non-hydrogen) atoms. The van der Waals surface area contributed by atoms with Gasteiger partial charge in [0.1, 0.15) is 12.1 Å². The first kappa shape index (κ1) is 19.8. The van der Waals surface area contributed by atoms with Crippen LogP contribution in [0.5, 0.6) is 0 Å². The summed E-state index contributed by atoms with van der Waals surface area (Å²) in [6.07, 6.45) is 2.08. The van der Waals surface area contributed by atoms with Gasteiger partial charge in [-0.3, -0.25) is 14.5 Å². The molecule has 3 heterocycles. The Hall–Kier alpha value is -2.48. The number of ether oxygens (including phenoxy) is 1. The van der Waals surface area contributed by atoms with Gasteiger partial charge < -0.3 is 19.3 Å². The number of aliphatic hydroxyl groups is 1. The van der Waals surface area contributed by atoms with Crippen LogP contribution >= 0.6 is 0 Å². The van der Waals surface area contributed by atoms with Gasteiger partial charge >= 0.3 is 0 Å². The number of pyridine rings is 1. The Kier molecular flexibility index (Phi) is 5.80. The lowest BCUT2D eigenvalue weighted by molar-refractivity contribution is -0.148. The molecule has 7 nitrogen and oxygen atoms in total. The van der Waals surface area contributed by atoms with E-state index in [1.807, 2.05) is 30.3 Å². The Labute approximate surface area is 170 Å². The highest BCUT2D eigenvalue weighted by atomic mass is 16.5. The van der Waals surface area contributed by atoms with Gasteiger partial charge in [-0.25, -0.2) is 0 Å². The largest absolute Gasteiger partial charge is 0.383 e. The molecule has 0 saturated carbocycles. The summed E-state index contributed by atoms with van der Waals surface area (Å²) < 4.78 is 6.91. The van der Waals surface area contributed by atoms with Gasteiger partial charge in [0.2, 0.25) is 5.91 Å². The second-order valence-electron chi connectivity index (χ2n) is 7.71. The van der Waals surface area contributed by atoms with E-state index in [1.54, 1.807) is 23.2 Å². The summed E-state index contributed by atoms with van der Waals surface area (Å²) in [6, 6.07) is 14.4. The normalized spacial score (nSPS) is 25.7. The van der Waals surface area contributed by atoms with E-state index in [0.717, 1.165) is 18.7 Å². The third-order valence-electron chi connectivity index (χ3n) is 6.02. The van der Waals surface area contributed by atoms with E-state index in [-0.39, 0.29) is 24.1 Å². The van der Waals surface area contributed by atoms with Gasteiger partial charge in [0.05, 0.1) is 19.3 Å². The molecule has 4 rings (SSSR count). The summed E-state index contributed by atoms with van der Waals surface area (Å²) in [6.45, 7) is 3.57. The van der Waals surface area contributed by atoms with Gasteiger partial charge in [0, 0.05) is 38.4 Å². The molecule has 2 aromatic rings. The van der Waals surface area contributed by atoms with Gasteiger partial charge in [-0.1, -0.05) is 36.4 Å². The van der Waals surface area contributed by atoms with Crippen LogP contribution in [0.15, 0.2) is 59.5 Å². The maximum atomic E-state index is 12.9. The van der Waals surface area contributed by atoms with Crippen molar-refractivity contribution in [3.63, 3.8) is 0 Å².